The van der Waals surface area contributed by atoms with E-state index in [1.807, 2.05) is 0 Å². The Morgan fingerprint density at radius 3 is 1.65 bits per heavy atom. The highest BCUT2D eigenvalue weighted by Crippen LogP contribution is 2.10. The SMILES string of the molecule is CC(C)C[C@H](NC(=O)[C@H](Cc1ccccc1)NC(=O)[C@H](CC(N)=O)NC(=O)[C@H](C)NC(=O)[C@H](CCC(N)=O)NC(=O)[C@@H](N)CCCN=C(N)N)C(=O)NCC(=O)N[C@@H](CCCN=C(N)N)C(=O)O. The molecule has 9 amide bonds. The van der Waals surface area contributed by atoms with Gasteiger partial charge in [0, 0.05) is 25.9 Å². The lowest BCUT2D eigenvalue weighted by Crippen LogP contribution is -2.60. The molecule has 0 aliphatic carbocycles. The van der Waals surface area contributed by atoms with Crippen molar-refractivity contribution in [2.45, 2.75) is 121 Å². The lowest BCUT2D eigenvalue weighted by atomic mass is 10.0. The summed E-state index contributed by atoms with van der Waals surface area (Å²) < 4.78 is 0. The third-order valence-electron chi connectivity index (χ3n) is 9.66. The van der Waals surface area contributed by atoms with E-state index in [4.69, 9.17) is 40.1 Å². The molecule has 0 bridgehead atoms. The van der Waals surface area contributed by atoms with Gasteiger partial charge in [-0.1, -0.05) is 44.2 Å². The highest BCUT2D eigenvalue weighted by molar-refractivity contribution is 5.98. The van der Waals surface area contributed by atoms with E-state index < -0.39 is 114 Å². The molecule has 0 heterocycles. The molecule has 1 aromatic carbocycles. The molecule has 0 aliphatic heterocycles. The number of aliphatic imine (C=N–C) groups is 2. The van der Waals surface area contributed by atoms with Gasteiger partial charge in [0.15, 0.2) is 11.9 Å². The first-order valence-corrected chi connectivity index (χ1v) is 21.7. The number of benzene rings is 1. The van der Waals surface area contributed by atoms with E-state index in [9.17, 15) is 53.1 Å². The summed E-state index contributed by atoms with van der Waals surface area (Å²) >= 11 is 0. The van der Waals surface area contributed by atoms with Gasteiger partial charge in [-0.2, -0.15) is 0 Å². The predicted molar refractivity (Wildman–Crippen MR) is 248 cm³/mol. The number of carbonyl (C=O) groups is 10. The minimum Gasteiger partial charge on any atom is -0.480 e. The average molecular weight is 961 g/mol. The highest BCUT2D eigenvalue weighted by Gasteiger charge is 2.33. The second-order valence-electron chi connectivity index (χ2n) is 16.1. The Bertz CT molecular complexity index is 1960. The lowest BCUT2D eigenvalue weighted by Gasteiger charge is -2.27. The molecule has 7 atom stereocenters. The Morgan fingerprint density at radius 2 is 1.10 bits per heavy atom. The molecule has 0 radical (unpaired) electrons. The van der Waals surface area contributed by atoms with Crippen LogP contribution in [-0.2, 0) is 54.4 Å². The van der Waals surface area contributed by atoms with E-state index in [0.717, 1.165) is 0 Å². The van der Waals surface area contributed by atoms with Crippen molar-refractivity contribution < 1.29 is 53.1 Å². The molecule has 0 aliphatic rings. The number of hydrogen-bond acceptors (Lipinski definition) is 13. The first-order valence-electron chi connectivity index (χ1n) is 21.7. The number of nitrogens with one attached hydrogen (secondary N) is 7. The normalized spacial score (nSPS) is 13.8. The molecule has 0 saturated carbocycles. The van der Waals surface area contributed by atoms with E-state index >= 15 is 0 Å². The Hall–Kier alpha value is -7.58. The number of carbonyl (C=O) groups excluding carboxylic acids is 9. The third kappa shape index (κ3) is 24.6. The zero-order chi connectivity index (χ0) is 51.5. The van der Waals surface area contributed by atoms with Crippen LogP contribution in [0.1, 0.15) is 77.7 Å². The minimum atomic E-state index is -1.71. The maximum absolute atomic E-state index is 14.0. The van der Waals surface area contributed by atoms with Gasteiger partial charge in [0.05, 0.1) is 19.0 Å². The molecule has 0 saturated heterocycles. The summed E-state index contributed by atoms with van der Waals surface area (Å²) in [6.07, 6.45) is -0.824. The predicted octanol–water partition coefficient (Wildman–Crippen LogP) is -6.02. The van der Waals surface area contributed by atoms with Crippen molar-refractivity contribution in [3.05, 3.63) is 35.9 Å². The summed E-state index contributed by atoms with van der Waals surface area (Å²) in [6, 6.07) is -1.29. The maximum Gasteiger partial charge on any atom is 0.326 e. The summed E-state index contributed by atoms with van der Waals surface area (Å²) in [5.74, 6) is -9.93. The van der Waals surface area contributed by atoms with E-state index in [1.165, 1.54) is 6.92 Å². The molecule has 1 rings (SSSR count). The topological polar surface area (TPSA) is 482 Å². The standard InChI is InChI=1S/C41H68N16O11/c1-21(2)17-27(35(63)51-20-32(60)53-26(39(67)68)12-8-16-50-41(47)48)56-37(65)28(18-23-9-5-4-6-10-23)57-38(66)29(19-31(44)59)55-33(61)22(3)52-36(64)25(13-14-30(43)58)54-34(62)24(42)11-7-15-49-40(45)46/h4-6,9-10,21-22,24-29H,7-8,11-20,42H2,1-3H3,(H2,43,58)(H2,44,59)(H,51,63)(H,52,64)(H,53,60)(H,54,62)(H,55,61)(H,56,65)(H,57,66)(H,67,68)(H4,45,46,49)(H4,47,48,50)/t22-,24-,25-,26-,27-,28-,29-/m0/s1. The molecule has 27 nitrogen and oxygen atoms in total. The van der Waals surface area contributed by atoms with Crippen LogP contribution in [-0.4, -0.2) is 138 Å². The third-order valence-corrected chi connectivity index (χ3v) is 9.66. The van der Waals surface area contributed by atoms with Gasteiger partial charge in [-0.05, 0) is 56.9 Å². The second-order valence-corrected chi connectivity index (χ2v) is 16.1. The molecule has 0 spiro atoms. The fourth-order valence-electron chi connectivity index (χ4n) is 6.17. The van der Waals surface area contributed by atoms with Crippen LogP contribution in [0.25, 0.3) is 0 Å². The Labute approximate surface area is 393 Å². The molecule has 68 heavy (non-hydrogen) atoms. The van der Waals surface area contributed by atoms with Gasteiger partial charge in [0.25, 0.3) is 0 Å². The second kappa shape index (κ2) is 30.6. The van der Waals surface area contributed by atoms with E-state index in [-0.39, 0.29) is 75.9 Å². The van der Waals surface area contributed by atoms with Crippen molar-refractivity contribution in [2.75, 3.05) is 19.6 Å². The van der Waals surface area contributed by atoms with Crippen LogP contribution in [0.2, 0.25) is 0 Å². The smallest absolute Gasteiger partial charge is 0.326 e. The Kier molecular flexibility index (Phi) is 26.3. The lowest BCUT2D eigenvalue weighted by molar-refractivity contribution is -0.142. The monoisotopic (exact) mass is 961 g/mol. The fourth-order valence-corrected chi connectivity index (χ4v) is 6.17. The van der Waals surface area contributed by atoms with Crippen LogP contribution in [0.4, 0.5) is 0 Å². The summed E-state index contributed by atoms with van der Waals surface area (Å²) in [7, 11) is 0. The number of rotatable bonds is 32. The van der Waals surface area contributed by atoms with Crippen molar-refractivity contribution >= 4 is 71.1 Å². The van der Waals surface area contributed by atoms with E-state index in [1.54, 1.807) is 44.2 Å². The minimum absolute atomic E-state index is 0.0193. The summed E-state index contributed by atoms with van der Waals surface area (Å²) in [6.45, 7) is 4.40. The number of carboxylic acids is 1. The van der Waals surface area contributed by atoms with Gasteiger partial charge < -0.3 is 82.5 Å². The molecule has 27 heteroatoms. The Balaban J connectivity index is 3.22. The number of primary amides is 2. The number of guanidine groups is 2. The maximum atomic E-state index is 14.0. The van der Waals surface area contributed by atoms with Crippen LogP contribution < -0.4 is 77.4 Å². The van der Waals surface area contributed by atoms with Gasteiger partial charge in [0.2, 0.25) is 53.2 Å². The molecular formula is C41H68N16O11. The van der Waals surface area contributed by atoms with Gasteiger partial charge >= 0.3 is 5.97 Å². The zero-order valence-corrected chi connectivity index (χ0v) is 38.5. The van der Waals surface area contributed by atoms with Crippen LogP contribution in [0, 0.1) is 5.92 Å². The molecule has 0 fully saturated rings. The molecule has 22 N–H and O–H groups in total. The van der Waals surface area contributed by atoms with Gasteiger partial charge in [0.1, 0.15) is 36.3 Å². The highest BCUT2D eigenvalue weighted by atomic mass is 16.4. The number of aliphatic carboxylic acids is 1. The molecule has 378 valence electrons. The average Bonchev–Trinajstić information content (AvgIpc) is 3.25. The van der Waals surface area contributed by atoms with Gasteiger partial charge in [-0.25, -0.2) is 4.79 Å². The van der Waals surface area contributed by atoms with Gasteiger partial charge in [-0.15, -0.1) is 0 Å². The molecule has 0 unspecified atom stereocenters. The number of carboxylic acid groups (broad SMARTS) is 1. The van der Waals surface area contributed by atoms with Crippen molar-refractivity contribution in [2.24, 2.45) is 56.0 Å². The first kappa shape index (κ1) is 58.4. The van der Waals surface area contributed by atoms with Crippen molar-refractivity contribution in [1.82, 2.24) is 37.2 Å². The van der Waals surface area contributed by atoms with Crippen molar-refractivity contribution in [1.29, 1.82) is 0 Å². The van der Waals surface area contributed by atoms with Crippen molar-refractivity contribution in [3.63, 3.8) is 0 Å². The van der Waals surface area contributed by atoms with Crippen LogP contribution in [0.3, 0.4) is 0 Å². The quantitative estimate of drug-likeness (QED) is 0.0182. The molecule has 1 aromatic rings. The van der Waals surface area contributed by atoms with Crippen molar-refractivity contribution in [3.8, 4) is 0 Å². The van der Waals surface area contributed by atoms with E-state index in [0.29, 0.717) is 12.0 Å². The van der Waals surface area contributed by atoms with E-state index in [2.05, 4.69) is 47.2 Å². The first-order chi connectivity index (χ1) is 31.9. The van der Waals surface area contributed by atoms with Gasteiger partial charge in [-0.3, -0.25) is 53.1 Å². The molecular weight excluding hydrogens is 893 g/mol. The fraction of sp³-hybridized carbons (Fsp3) is 0.561. The zero-order valence-electron chi connectivity index (χ0n) is 38.5. The van der Waals surface area contributed by atoms with Crippen LogP contribution >= 0.6 is 0 Å². The van der Waals surface area contributed by atoms with Crippen LogP contribution in [0.15, 0.2) is 40.3 Å². The number of nitrogens with two attached hydrogens (primary N) is 7. The Morgan fingerprint density at radius 1 is 0.574 bits per heavy atom. The number of nitrogens with zero attached hydrogens (tertiary/aromatic N) is 2. The summed E-state index contributed by atoms with van der Waals surface area (Å²) in [5, 5.41) is 26.5. The van der Waals surface area contributed by atoms with Crippen LogP contribution in [0.5, 0.6) is 0 Å². The number of amides is 9. The summed E-state index contributed by atoms with van der Waals surface area (Å²) in [4.78, 5) is 137. The number of hydrogen-bond donors (Lipinski definition) is 15. The summed E-state index contributed by atoms with van der Waals surface area (Å²) in [5.41, 5.74) is 38.4. The molecule has 0 aromatic heterocycles. The largest absolute Gasteiger partial charge is 0.480 e.